The molecule has 1 aromatic heterocycles. The molecule has 0 saturated carbocycles. The quantitative estimate of drug-likeness (QED) is 0.511. The van der Waals surface area contributed by atoms with Crippen LogP contribution < -0.4 is 4.72 Å². The average molecular weight is 450 g/mol. The normalized spacial score (nSPS) is 12.5. The monoisotopic (exact) mass is 449 g/mol. The van der Waals surface area contributed by atoms with Gasteiger partial charge in [0.15, 0.2) is 5.82 Å². The van der Waals surface area contributed by atoms with Gasteiger partial charge >= 0.3 is 5.97 Å². The number of anilines is 1. The predicted octanol–water partition coefficient (Wildman–Crippen LogP) is 3.45. The molecule has 0 saturated heterocycles. The minimum atomic E-state index is -3.93. The molecule has 7 nitrogen and oxygen atoms in total. The van der Waals surface area contributed by atoms with Crippen LogP contribution in [0.25, 0.3) is 11.3 Å². The van der Waals surface area contributed by atoms with Gasteiger partial charge in [-0.25, -0.2) is 8.42 Å². The van der Waals surface area contributed by atoms with E-state index in [1.807, 2.05) is 24.3 Å². The lowest BCUT2D eigenvalue weighted by molar-refractivity contribution is -0.138. The highest BCUT2D eigenvalue weighted by atomic mass is 79.9. The van der Waals surface area contributed by atoms with Crippen molar-refractivity contribution in [3.8, 4) is 11.3 Å². The van der Waals surface area contributed by atoms with Crippen molar-refractivity contribution in [2.45, 2.75) is 5.92 Å². The number of rotatable bonds is 7. The fourth-order valence-corrected chi connectivity index (χ4v) is 4.39. The molecule has 9 heteroatoms. The largest absolute Gasteiger partial charge is 0.481 e. The van der Waals surface area contributed by atoms with Crippen LogP contribution in [-0.2, 0) is 14.8 Å². The van der Waals surface area contributed by atoms with E-state index in [4.69, 9.17) is 0 Å². The number of carbonyl (C=O) groups is 1. The maximum absolute atomic E-state index is 12.5. The third kappa shape index (κ3) is 4.75. The highest BCUT2D eigenvalue weighted by Crippen LogP contribution is 2.28. The third-order valence-electron chi connectivity index (χ3n) is 3.89. The van der Waals surface area contributed by atoms with Crippen molar-refractivity contribution in [3.63, 3.8) is 0 Å². The fourth-order valence-electron chi connectivity index (χ4n) is 2.61. The molecule has 2 aromatic carbocycles. The standard InChI is InChI=1S/C18H16BrN3O4S/c19-15-9-5-4-8-13(15)16-10-17(21-20-16)22-27(25,26)11-14(18(23)24)12-6-2-1-3-7-12/h1-10,14H,11H2,(H,23,24)(H2,20,21,22). The number of aliphatic carboxylic acids is 1. The number of aromatic amines is 1. The molecule has 0 amide bonds. The predicted molar refractivity (Wildman–Crippen MR) is 106 cm³/mol. The number of sulfonamides is 1. The van der Waals surface area contributed by atoms with E-state index in [2.05, 4.69) is 30.8 Å². The molecule has 0 aliphatic carbocycles. The first-order valence-electron chi connectivity index (χ1n) is 7.94. The molecule has 0 aliphatic rings. The van der Waals surface area contributed by atoms with Crippen LogP contribution in [-0.4, -0.2) is 35.4 Å². The number of aromatic nitrogens is 2. The van der Waals surface area contributed by atoms with Crippen LogP contribution in [0.15, 0.2) is 65.1 Å². The Labute approximate surface area is 164 Å². The highest BCUT2D eigenvalue weighted by molar-refractivity contribution is 9.10. The van der Waals surface area contributed by atoms with E-state index in [0.717, 1.165) is 10.0 Å². The summed E-state index contributed by atoms with van der Waals surface area (Å²) in [5.41, 5.74) is 1.87. The van der Waals surface area contributed by atoms with Gasteiger partial charge < -0.3 is 5.11 Å². The lowest BCUT2D eigenvalue weighted by Gasteiger charge is -2.13. The van der Waals surface area contributed by atoms with Crippen LogP contribution in [0.5, 0.6) is 0 Å². The van der Waals surface area contributed by atoms with Crippen LogP contribution >= 0.6 is 15.9 Å². The summed E-state index contributed by atoms with van der Waals surface area (Å²) in [7, 11) is -3.93. The second kappa shape index (κ2) is 7.93. The third-order valence-corrected chi connectivity index (χ3v) is 5.87. The Morgan fingerprint density at radius 1 is 1.15 bits per heavy atom. The van der Waals surface area contributed by atoms with Gasteiger partial charge in [0.25, 0.3) is 0 Å². The van der Waals surface area contributed by atoms with Crippen LogP contribution in [0.1, 0.15) is 11.5 Å². The Bertz CT molecular complexity index is 1050. The summed E-state index contributed by atoms with van der Waals surface area (Å²) in [5, 5.41) is 16.2. The molecular weight excluding hydrogens is 434 g/mol. The maximum atomic E-state index is 12.5. The van der Waals surface area contributed by atoms with Crippen molar-refractivity contribution < 1.29 is 18.3 Å². The van der Waals surface area contributed by atoms with E-state index in [1.165, 1.54) is 0 Å². The van der Waals surface area contributed by atoms with Gasteiger partial charge in [0, 0.05) is 16.1 Å². The molecule has 3 N–H and O–H groups in total. The zero-order valence-corrected chi connectivity index (χ0v) is 16.4. The molecule has 140 valence electrons. The van der Waals surface area contributed by atoms with Crippen molar-refractivity contribution in [2.75, 3.05) is 10.5 Å². The molecule has 0 bridgehead atoms. The smallest absolute Gasteiger partial charge is 0.312 e. The topological polar surface area (TPSA) is 112 Å². The molecular formula is C18H16BrN3O4S. The van der Waals surface area contributed by atoms with E-state index in [0.29, 0.717) is 11.3 Å². The van der Waals surface area contributed by atoms with Crippen molar-refractivity contribution in [2.24, 2.45) is 0 Å². The molecule has 3 rings (SSSR count). The molecule has 0 fully saturated rings. The highest BCUT2D eigenvalue weighted by Gasteiger charge is 2.27. The maximum Gasteiger partial charge on any atom is 0.312 e. The molecule has 0 aliphatic heterocycles. The Morgan fingerprint density at radius 3 is 2.48 bits per heavy atom. The minimum absolute atomic E-state index is 0.0953. The lowest BCUT2D eigenvalue weighted by Crippen LogP contribution is -2.26. The average Bonchev–Trinajstić information content (AvgIpc) is 3.08. The fraction of sp³-hybridized carbons (Fsp3) is 0.111. The summed E-state index contributed by atoms with van der Waals surface area (Å²) in [6.07, 6.45) is 0. The summed E-state index contributed by atoms with van der Waals surface area (Å²) < 4.78 is 28.1. The number of nitrogens with zero attached hydrogens (tertiary/aromatic N) is 1. The zero-order chi connectivity index (χ0) is 19.4. The first-order chi connectivity index (χ1) is 12.9. The number of carboxylic acids is 1. The molecule has 1 unspecified atom stereocenters. The summed E-state index contributed by atoms with van der Waals surface area (Å²) in [4.78, 5) is 11.5. The molecule has 3 aromatic rings. The summed E-state index contributed by atoms with van der Waals surface area (Å²) in [6, 6.07) is 17.2. The number of H-pyrrole nitrogens is 1. The van der Waals surface area contributed by atoms with E-state index >= 15 is 0 Å². The van der Waals surface area contributed by atoms with Gasteiger partial charge in [-0.15, -0.1) is 0 Å². The first kappa shape index (κ1) is 19.1. The van der Waals surface area contributed by atoms with Gasteiger partial charge in [-0.3, -0.25) is 14.6 Å². The summed E-state index contributed by atoms with van der Waals surface area (Å²) in [5.74, 6) is -2.88. The van der Waals surface area contributed by atoms with Gasteiger partial charge in [0.05, 0.1) is 17.4 Å². The van der Waals surface area contributed by atoms with Crippen molar-refractivity contribution in [1.29, 1.82) is 0 Å². The molecule has 0 radical (unpaired) electrons. The van der Waals surface area contributed by atoms with Crippen LogP contribution in [0.4, 0.5) is 5.82 Å². The summed E-state index contributed by atoms with van der Waals surface area (Å²) >= 11 is 3.43. The van der Waals surface area contributed by atoms with Gasteiger partial charge in [0.2, 0.25) is 10.0 Å². The van der Waals surface area contributed by atoms with Crippen LogP contribution in [0.3, 0.4) is 0 Å². The Balaban J connectivity index is 1.79. The van der Waals surface area contributed by atoms with Gasteiger partial charge in [0.1, 0.15) is 0 Å². The van der Waals surface area contributed by atoms with Crippen molar-refractivity contribution in [1.82, 2.24) is 10.2 Å². The van der Waals surface area contributed by atoms with Gasteiger partial charge in [-0.1, -0.05) is 64.5 Å². The Kier molecular flexibility index (Phi) is 5.62. The number of benzene rings is 2. The number of hydrogen-bond donors (Lipinski definition) is 3. The number of hydrogen-bond acceptors (Lipinski definition) is 4. The van der Waals surface area contributed by atoms with E-state index in [-0.39, 0.29) is 5.82 Å². The van der Waals surface area contributed by atoms with Crippen molar-refractivity contribution >= 4 is 37.7 Å². The van der Waals surface area contributed by atoms with Crippen LogP contribution in [0.2, 0.25) is 0 Å². The molecule has 27 heavy (non-hydrogen) atoms. The number of halogens is 1. The second-order valence-electron chi connectivity index (χ2n) is 5.83. The van der Waals surface area contributed by atoms with E-state index < -0.39 is 27.7 Å². The first-order valence-corrected chi connectivity index (χ1v) is 10.4. The number of nitrogens with one attached hydrogen (secondary N) is 2. The van der Waals surface area contributed by atoms with Crippen LogP contribution in [0, 0.1) is 0 Å². The second-order valence-corrected chi connectivity index (χ2v) is 8.45. The van der Waals surface area contributed by atoms with Gasteiger partial charge in [-0.2, -0.15) is 5.10 Å². The molecule has 0 spiro atoms. The Hall–Kier alpha value is -2.65. The van der Waals surface area contributed by atoms with E-state index in [9.17, 15) is 18.3 Å². The summed E-state index contributed by atoms with van der Waals surface area (Å²) in [6.45, 7) is 0. The van der Waals surface area contributed by atoms with E-state index in [1.54, 1.807) is 36.4 Å². The zero-order valence-electron chi connectivity index (χ0n) is 14.0. The number of carboxylic acid groups (broad SMARTS) is 1. The minimum Gasteiger partial charge on any atom is -0.481 e. The van der Waals surface area contributed by atoms with Gasteiger partial charge in [-0.05, 0) is 11.6 Å². The Morgan fingerprint density at radius 2 is 1.81 bits per heavy atom. The molecule has 1 atom stereocenters. The van der Waals surface area contributed by atoms with Crippen molar-refractivity contribution in [3.05, 3.63) is 70.7 Å². The SMILES string of the molecule is O=C(O)C(CS(=O)(=O)Nc1cc(-c2ccccc2Br)[nH]n1)c1ccccc1. The molecule has 1 heterocycles. The lowest BCUT2D eigenvalue weighted by atomic mass is 10.0.